The van der Waals surface area contributed by atoms with Gasteiger partial charge in [0.1, 0.15) is 6.29 Å². The Labute approximate surface area is 153 Å². The fourth-order valence-electron chi connectivity index (χ4n) is 4.49. The standard InChI is InChI=1S/C22H14F3NO/c23-22(24,25)17-8-4-7-16-20(17)18-10-9-15-11-14(12-27)19(21(16)26(15)18)13-5-2-1-3-6-13/h1-12,19,21H/t19-,21+/m1/s1. The molecule has 2 aromatic carbocycles. The van der Waals surface area contributed by atoms with Crippen LogP contribution in [-0.4, -0.2) is 10.9 Å². The van der Waals surface area contributed by atoms with Crippen molar-refractivity contribution in [3.63, 3.8) is 0 Å². The normalized spacial score (nSPS) is 20.0. The van der Waals surface area contributed by atoms with E-state index in [0.29, 0.717) is 16.8 Å². The third-order valence-corrected chi connectivity index (χ3v) is 5.49. The Hall–Kier alpha value is -3.08. The Morgan fingerprint density at radius 1 is 0.926 bits per heavy atom. The highest BCUT2D eigenvalue weighted by atomic mass is 19.4. The molecule has 0 aliphatic carbocycles. The van der Waals surface area contributed by atoms with Crippen LogP contribution in [0, 0.1) is 0 Å². The lowest BCUT2D eigenvalue weighted by molar-refractivity contribution is -0.137. The lowest BCUT2D eigenvalue weighted by atomic mass is 9.79. The first-order chi connectivity index (χ1) is 13.0. The highest BCUT2D eigenvalue weighted by Crippen LogP contribution is 2.55. The van der Waals surface area contributed by atoms with Crippen LogP contribution in [0.3, 0.4) is 0 Å². The van der Waals surface area contributed by atoms with Crippen LogP contribution >= 0.6 is 0 Å². The van der Waals surface area contributed by atoms with Crippen molar-refractivity contribution in [2.24, 2.45) is 0 Å². The Morgan fingerprint density at radius 3 is 2.41 bits per heavy atom. The lowest BCUT2D eigenvalue weighted by Gasteiger charge is -2.32. The van der Waals surface area contributed by atoms with Crippen LogP contribution in [0.4, 0.5) is 13.2 Å². The molecule has 2 aliphatic heterocycles. The highest BCUT2D eigenvalue weighted by molar-refractivity contribution is 5.88. The lowest BCUT2D eigenvalue weighted by Crippen LogP contribution is -2.23. The van der Waals surface area contributed by atoms with Crippen molar-refractivity contribution in [3.8, 4) is 11.3 Å². The van der Waals surface area contributed by atoms with E-state index in [4.69, 9.17) is 0 Å². The van der Waals surface area contributed by atoms with Gasteiger partial charge in [0, 0.05) is 22.7 Å². The highest BCUT2D eigenvalue weighted by Gasteiger charge is 2.45. The zero-order valence-electron chi connectivity index (χ0n) is 14.1. The smallest absolute Gasteiger partial charge is 0.332 e. The second-order valence-electron chi connectivity index (χ2n) is 6.88. The molecule has 3 heterocycles. The molecule has 2 atom stereocenters. The molecule has 0 saturated carbocycles. The van der Waals surface area contributed by atoms with Gasteiger partial charge in [-0.1, -0.05) is 42.5 Å². The van der Waals surface area contributed by atoms with Crippen LogP contribution in [-0.2, 0) is 11.0 Å². The predicted molar refractivity (Wildman–Crippen MR) is 96.2 cm³/mol. The summed E-state index contributed by atoms with van der Waals surface area (Å²) < 4.78 is 43.0. The molecular weight excluding hydrogens is 351 g/mol. The maximum Gasteiger partial charge on any atom is 0.417 e. The number of hydrogen-bond acceptors (Lipinski definition) is 1. The monoisotopic (exact) mass is 365 g/mol. The zero-order valence-corrected chi connectivity index (χ0v) is 14.1. The quantitative estimate of drug-likeness (QED) is 0.553. The fourth-order valence-corrected chi connectivity index (χ4v) is 4.49. The number of alkyl halides is 3. The number of aldehydes is 1. The van der Waals surface area contributed by atoms with Gasteiger partial charge in [-0.15, -0.1) is 0 Å². The minimum atomic E-state index is -4.44. The third kappa shape index (κ3) is 2.17. The number of aromatic nitrogens is 1. The number of carbonyl (C=O) groups is 1. The number of halogens is 3. The molecule has 0 radical (unpaired) electrons. The Balaban J connectivity index is 1.82. The largest absolute Gasteiger partial charge is 0.417 e. The maximum atomic E-state index is 13.7. The van der Waals surface area contributed by atoms with Gasteiger partial charge < -0.3 is 4.57 Å². The van der Waals surface area contributed by atoms with Crippen molar-refractivity contribution >= 4 is 12.4 Å². The van der Waals surface area contributed by atoms with E-state index in [1.807, 2.05) is 34.9 Å². The Bertz CT molecular complexity index is 1090. The van der Waals surface area contributed by atoms with Crippen molar-refractivity contribution in [1.29, 1.82) is 0 Å². The molecule has 0 N–H and O–H groups in total. The van der Waals surface area contributed by atoms with E-state index >= 15 is 0 Å². The molecule has 2 aliphatic rings. The van der Waals surface area contributed by atoms with Crippen molar-refractivity contribution in [3.05, 3.63) is 88.6 Å². The summed E-state index contributed by atoms with van der Waals surface area (Å²) in [6.07, 6.45) is -1.84. The van der Waals surface area contributed by atoms with Gasteiger partial charge in [0.2, 0.25) is 0 Å². The van der Waals surface area contributed by atoms with Crippen molar-refractivity contribution < 1.29 is 18.0 Å². The summed E-state index contributed by atoms with van der Waals surface area (Å²) in [5, 5.41) is 0. The molecule has 2 nitrogen and oxygen atoms in total. The van der Waals surface area contributed by atoms with Gasteiger partial charge in [-0.2, -0.15) is 13.2 Å². The molecule has 0 fully saturated rings. The number of rotatable bonds is 2. The first kappa shape index (κ1) is 16.1. The van der Waals surface area contributed by atoms with E-state index in [-0.39, 0.29) is 17.5 Å². The fraction of sp³-hybridized carbons (Fsp3) is 0.136. The van der Waals surface area contributed by atoms with Gasteiger partial charge in [0.05, 0.1) is 17.3 Å². The molecule has 3 aromatic rings. The molecule has 134 valence electrons. The van der Waals surface area contributed by atoms with E-state index in [1.54, 1.807) is 24.3 Å². The van der Waals surface area contributed by atoms with Crippen molar-refractivity contribution in [2.75, 3.05) is 0 Å². The third-order valence-electron chi connectivity index (χ3n) is 5.49. The van der Waals surface area contributed by atoms with Crippen LogP contribution in [0.1, 0.15) is 34.3 Å². The minimum absolute atomic E-state index is 0.225. The summed E-state index contributed by atoms with van der Waals surface area (Å²) in [5.74, 6) is -0.327. The van der Waals surface area contributed by atoms with Gasteiger partial charge in [-0.25, -0.2) is 0 Å². The molecule has 5 rings (SSSR count). The maximum absolute atomic E-state index is 13.7. The Morgan fingerprint density at radius 2 is 1.70 bits per heavy atom. The van der Waals surface area contributed by atoms with E-state index in [1.165, 1.54) is 6.07 Å². The van der Waals surface area contributed by atoms with Crippen LogP contribution < -0.4 is 0 Å². The van der Waals surface area contributed by atoms with Crippen LogP contribution in [0.25, 0.3) is 17.3 Å². The van der Waals surface area contributed by atoms with Crippen LogP contribution in [0.5, 0.6) is 0 Å². The number of benzene rings is 2. The number of hydrogen-bond donors (Lipinski definition) is 0. The zero-order chi connectivity index (χ0) is 18.8. The SMILES string of the molecule is O=CC1=Cc2ccc3n2[C@@H](c2cccc(C(F)(F)F)c2-3)[C@@H]1c1ccccc1. The van der Waals surface area contributed by atoms with Gasteiger partial charge in [-0.05, 0) is 35.4 Å². The summed E-state index contributed by atoms with van der Waals surface area (Å²) >= 11 is 0. The topological polar surface area (TPSA) is 22.0 Å². The summed E-state index contributed by atoms with van der Waals surface area (Å²) in [6, 6.07) is 16.9. The van der Waals surface area contributed by atoms with Crippen molar-refractivity contribution in [1.82, 2.24) is 4.57 Å². The van der Waals surface area contributed by atoms with Crippen LogP contribution in [0.15, 0.2) is 66.2 Å². The van der Waals surface area contributed by atoms with Crippen LogP contribution in [0.2, 0.25) is 0 Å². The molecular formula is C22H14F3NO. The van der Waals surface area contributed by atoms with Gasteiger partial charge >= 0.3 is 6.18 Å². The molecule has 0 amide bonds. The Kier molecular flexibility index (Phi) is 3.26. The second kappa shape index (κ2) is 5.46. The average molecular weight is 365 g/mol. The molecule has 27 heavy (non-hydrogen) atoms. The molecule has 0 spiro atoms. The number of fused-ring (bicyclic) bond motifs is 3. The number of allylic oxidation sites excluding steroid dienone is 1. The van der Waals surface area contributed by atoms with E-state index < -0.39 is 11.7 Å². The summed E-state index contributed by atoms with van der Waals surface area (Å²) in [6.45, 7) is 0. The number of carbonyl (C=O) groups excluding carboxylic acids is 1. The van der Waals surface area contributed by atoms with E-state index in [2.05, 4.69) is 0 Å². The summed E-state index contributed by atoms with van der Waals surface area (Å²) in [7, 11) is 0. The van der Waals surface area contributed by atoms with Gasteiger partial charge in [0.25, 0.3) is 0 Å². The molecule has 1 aromatic heterocycles. The first-order valence-electron chi connectivity index (χ1n) is 8.64. The first-order valence-corrected chi connectivity index (χ1v) is 8.64. The molecule has 0 saturated heterocycles. The minimum Gasteiger partial charge on any atom is -0.332 e. The van der Waals surface area contributed by atoms with Crippen molar-refractivity contribution in [2.45, 2.75) is 18.1 Å². The van der Waals surface area contributed by atoms with E-state index in [9.17, 15) is 18.0 Å². The summed E-state index contributed by atoms with van der Waals surface area (Å²) in [4.78, 5) is 11.8. The average Bonchev–Trinajstić information content (AvgIpc) is 3.23. The number of nitrogens with zero attached hydrogens (tertiary/aromatic N) is 1. The molecule has 5 heteroatoms. The van der Waals surface area contributed by atoms with E-state index in [0.717, 1.165) is 23.6 Å². The molecule has 0 bridgehead atoms. The van der Waals surface area contributed by atoms with Gasteiger partial charge in [0.15, 0.2) is 0 Å². The van der Waals surface area contributed by atoms with Gasteiger partial charge in [-0.3, -0.25) is 4.79 Å². The molecule has 0 unspecified atom stereocenters. The summed E-state index contributed by atoms with van der Waals surface area (Å²) in [5.41, 5.74) is 3.01. The second-order valence-corrected chi connectivity index (χ2v) is 6.88. The predicted octanol–water partition coefficient (Wildman–Crippen LogP) is 5.46.